The summed E-state index contributed by atoms with van der Waals surface area (Å²) in [6.07, 6.45) is 1.81. The fraction of sp³-hybridized carbons (Fsp3) is 0.286. The Labute approximate surface area is 120 Å². The number of rotatable bonds is 3. The lowest BCUT2D eigenvalue weighted by Gasteiger charge is -2.18. The van der Waals surface area contributed by atoms with Crippen molar-refractivity contribution < 1.29 is 4.39 Å². The maximum Gasteiger partial charge on any atom is 0.225 e. The first kappa shape index (κ1) is 13.9. The summed E-state index contributed by atoms with van der Waals surface area (Å²) < 4.78 is 13.8. The van der Waals surface area contributed by atoms with E-state index in [1.807, 2.05) is 32.0 Å². The zero-order chi connectivity index (χ0) is 14.0. The molecule has 1 aromatic heterocycles. The maximum absolute atomic E-state index is 13.0. The van der Waals surface area contributed by atoms with Gasteiger partial charge in [0.15, 0.2) is 0 Å². The second kappa shape index (κ2) is 5.65. The van der Waals surface area contributed by atoms with E-state index in [1.54, 1.807) is 6.07 Å². The third-order valence-electron chi connectivity index (χ3n) is 2.98. The van der Waals surface area contributed by atoms with E-state index >= 15 is 0 Å². The van der Waals surface area contributed by atoms with E-state index in [-0.39, 0.29) is 5.82 Å². The fourth-order valence-corrected chi connectivity index (χ4v) is 2.15. The van der Waals surface area contributed by atoms with E-state index in [9.17, 15) is 4.39 Å². The summed E-state index contributed by atoms with van der Waals surface area (Å²) in [4.78, 5) is 10.7. The van der Waals surface area contributed by atoms with E-state index in [1.165, 1.54) is 12.1 Å². The molecule has 0 bridgehead atoms. The van der Waals surface area contributed by atoms with Crippen molar-refractivity contribution in [3.8, 4) is 0 Å². The lowest BCUT2D eigenvalue weighted by atomic mass is 10.2. The molecule has 0 radical (unpaired) electrons. The summed E-state index contributed by atoms with van der Waals surface area (Å²) in [5.41, 5.74) is 3.03. The van der Waals surface area contributed by atoms with Gasteiger partial charge in [0, 0.05) is 30.0 Å². The van der Waals surface area contributed by atoms with Gasteiger partial charge in [0.1, 0.15) is 5.82 Å². The van der Waals surface area contributed by atoms with Crippen LogP contribution in [0.5, 0.6) is 0 Å². The first-order valence-electron chi connectivity index (χ1n) is 5.92. The molecule has 0 aliphatic heterocycles. The zero-order valence-electron chi connectivity index (χ0n) is 11.1. The van der Waals surface area contributed by atoms with E-state index in [0.29, 0.717) is 12.5 Å². The number of halogens is 2. The average molecular weight is 324 g/mol. The Kier molecular flexibility index (Phi) is 4.14. The van der Waals surface area contributed by atoms with Crippen LogP contribution in [0.25, 0.3) is 0 Å². The average Bonchev–Trinajstić information content (AvgIpc) is 2.36. The number of aromatic nitrogens is 2. The largest absolute Gasteiger partial charge is 0.340 e. The van der Waals surface area contributed by atoms with Gasteiger partial charge < -0.3 is 4.90 Å². The van der Waals surface area contributed by atoms with Crippen molar-refractivity contribution in [3.63, 3.8) is 0 Å². The van der Waals surface area contributed by atoms with Crippen molar-refractivity contribution in [1.82, 2.24) is 9.97 Å². The number of hydrogen-bond acceptors (Lipinski definition) is 3. The molecule has 0 aliphatic rings. The van der Waals surface area contributed by atoms with Gasteiger partial charge in [0.25, 0.3) is 0 Å². The van der Waals surface area contributed by atoms with Crippen LogP contribution in [0.2, 0.25) is 0 Å². The van der Waals surface area contributed by atoms with Crippen molar-refractivity contribution in [3.05, 3.63) is 51.5 Å². The molecule has 0 unspecified atom stereocenters. The Morgan fingerprint density at radius 1 is 1.32 bits per heavy atom. The molecule has 2 rings (SSSR count). The summed E-state index contributed by atoms with van der Waals surface area (Å²) in [5, 5.41) is 0. The molecule has 0 saturated carbocycles. The van der Waals surface area contributed by atoms with Crippen molar-refractivity contribution in [2.45, 2.75) is 20.4 Å². The molecule has 0 fully saturated rings. The predicted octanol–water partition coefficient (Wildman–Crippen LogP) is 3.63. The van der Waals surface area contributed by atoms with Gasteiger partial charge >= 0.3 is 0 Å². The molecule has 0 spiro atoms. The smallest absolute Gasteiger partial charge is 0.225 e. The Morgan fingerprint density at radius 2 is 2.05 bits per heavy atom. The van der Waals surface area contributed by atoms with Crippen LogP contribution in [0.15, 0.2) is 28.9 Å². The number of anilines is 1. The van der Waals surface area contributed by atoms with Crippen LogP contribution >= 0.6 is 15.9 Å². The van der Waals surface area contributed by atoms with Gasteiger partial charge in [-0.1, -0.05) is 22.0 Å². The molecule has 0 atom stereocenters. The number of nitrogens with zero attached hydrogens (tertiary/aromatic N) is 3. The van der Waals surface area contributed by atoms with Gasteiger partial charge in [-0.2, -0.15) is 0 Å². The first-order valence-corrected chi connectivity index (χ1v) is 6.72. The third-order valence-corrected chi connectivity index (χ3v) is 3.71. The summed E-state index contributed by atoms with van der Waals surface area (Å²) in [5.74, 6) is 0.417. The van der Waals surface area contributed by atoms with E-state index in [4.69, 9.17) is 0 Å². The number of aryl methyl sites for hydroxylation is 2. The molecule has 19 heavy (non-hydrogen) atoms. The molecule has 100 valence electrons. The summed E-state index contributed by atoms with van der Waals surface area (Å²) in [6.45, 7) is 4.56. The van der Waals surface area contributed by atoms with Crippen LogP contribution in [0.3, 0.4) is 0 Å². The standard InChI is InChI=1S/C14H15BrFN3/c1-9-7-17-14(18-10(9)2)19(3)8-11-4-5-12(16)6-13(11)15/h4-7H,8H2,1-3H3. The quantitative estimate of drug-likeness (QED) is 0.863. The number of benzene rings is 1. The van der Waals surface area contributed by atoms with Crippen molar-refractivity contribution >= 4 is 21.9 Å². The highest BCUT2D eigenvalue weighted by Gasteiger charge is 2.09. The lowest BCUT2D eigenvalue weighted by Crippen LogP contribution is -2.19. The highest BCUT2D eigenvalue weighted by atomic mass is 79.9. The number of hydrogen-bond donors (Lipinski definition) is 0. The van der Waals surface area contributed by atoms with E-state index in [0.717, 1.165) is 21.3 Å². The van der Waals surface area contributed by atoms with Gasteiger partial charge in [-0.15, -0.1) is 0 Å². The fourth-order valence-electron chi connectivity index (χ4n) is 1.68. The van der Waals surface area contributed by atoms with Crippen LogP contribution in [-0.2, 0) is 6.54 Å². The van der Waals surface area contributed by atoms with Gasteiger partial charge in [0.05, 0.1) is 0 Å². The van der Waals surface area contributed by atoms with Gasteiger partial charge in [-0.25, -0.2) is 14.4 Å². The summed E-state index contributed by atoms with van der Waals surface area (Å²) in [7, 11) is 1.92. The topological polar surface area (TPSA) is 29.0 Å². The molecule has 1 heterocycles. The Balaban J connectivity index is 2.20. The van der Waals surface area contributed by atoms with Crippen LogP contribution < -0.4 is 4.90 Å². The molecular weight excluding hydrogens is 309 g/mol. The third kappa shape index (κ3) is 3.29. The molecule has 0 saturated heterocycles. The molecule has 2 aromatic rings. The first-order chi connectivity index (χ1) is 8.97. The molecule has 0 N–H and O–H groups in total. The normalized spacial score (nSPS) is 10.6. The Bertz CT molecular complexity index is 601. The van der Waals surface area contributed by atoms with Crippen molar-refractivity contribution in [2.24, 2.45) is 0 Å². The zero-order valence-corrected chi connectivity index (χ0v) is 12.7. The van der Waals surface area contributed by atoms with E-state index in [2.05, 4.69) is 25.9 Å². The van der Waals surface area contributed by atoms with Gasteiger partial charge in [0.2, 0.25) is 5.95 Å². The molecule has 1 aromatic carbocycles. The summed E-state index contributed by atoms with van der Waals surface area (Å²) in [6, 6.07) is 4.68. The Hall–Kier alpha value is -1.49. The second-order valence-electron chi connectivity index (χ2n) is 4.53. The van der Waals surface area contributed by atoms with E-state index < -0.39 is 0 Å². The molecular formula is C14H15BrFN3. The maximum atomic E-state index is 13.0. The van der Waals surface area contributed by atoms with Gasteiger partial charge in [-0.05, 0) is 37.1 Å². The summed E-state index contributed by atoms with van der Waals surface area (Å²) >= 11 is 3.37. The monoisotopic (exact) mass is 323 g/mol. The highest BCUT2D eigenvalue weighted by molar-refractivity contribution is 9.10. The predicted molar refractivity (Wildman–Crippen MR) is 77.7 cm³/mol. The van der Waals surface area contributed by atoms with Crippen LogP contribution in [0.4, 0.5) is 10.3 Å². The minimum Gasteiger partial charge on any atom is -0.340 e. The van der Waals surface area contributed by atoms with Crippen LogP contribution in [0, 0.1) is 19.7 Å². The van der Waals surface area contributed by atoms with Crippen LogP contribution in [-0.4, -0.2) is 17.0 Å². The minimum absolute atomic E-state index is 0.249. The second-order valence-corrected chi connectivity index (χ2v) is 5.38. The highest BCUT2D eigenvalue weighted by Crippen LogP contribution is 2.21. The van der Waals surface area contributed by atoms with Crippen molar-refractivity contribution in [1.29, 1.82) is 0 Å². The SMILES string of the molecule is Cc1cnc(N(C)Cc2ccc(F)cc2Br)nc1C. The molecule has 5 heteroatoms. The van der Waals surface area contributed by atoms with Gasteiger partial charge in [-0.3, -0.25) is 0 Å². The molecule has 3 nitrogen and oxygen atoms in total. The van der Waals surface area contributed by atoms with Crippen LogP contribution in [0.1, 0.15) is 16.8 Å². The Morgan fingerprint density at radius 3 is 2.68 bits per heavy atom. The lowest BCUT2D eigenvalue weighted by molar-refractivity contribution is 0.625. The molecule has 0 amide bonds. The minimum atomic E-state index is -0.249. The molecule has 0 aliphatic carbocycles. The van der Waals surface area contributed by atoms with Crippen molar-refractivity contribution in [2.75, 3.05) is 11.9 Å².